The fourth-order valence-corrected chi connectivity index (χ4v) is 6.66. The van der Waals surface area contributed by atoms with E-state index in [1.54, 1.807) is 0 Å². The second-order valence-electron chi connectivity index (χ2n) is 12.4. The molecule has 0 aliphatic carbocycles. The van der Waals surface area contributed by atoms with Gasteiger partial charge in [-0.3, -0.25) is 9.69 Å². The molecule has 1 atom stereocenters. The van der Waals surface area contributed by atoms with Gasteiger partial charge in [0.15, 0.2) is 5.65 Å². The van der Waals surface area contributed by atoms with Gasteiger partial charge in [0, 0.05) is 75.8 Å². The molecular weight excluding hydrogens is 562 g/mol. The predicted molar refractivity (Wildman–Crippen MR) is 180 cm³/mol. The summed E-state index contributed by atoms with van der Waals surface area (Å²) in [6, 6.07) is 18.0. The summed E-state index contributed by atoms with van der Waals surface area (Å²) in [6.45, 7) is 13.2. The number of nitrogens with one attached hydrogen (secondary N) is 3. The van der Waals surface area contributed by atoms with Crippen molar-refractivity contribution < 1.29 is 9.53 Å². The van der Waals surface area contributed by atoms with Crippen molar-refractivity contribution in [2.75, 3.05) is 38.2 Å². The molecule has 2 fully saturated rings. The number of ether oxygens (including phenoxy) is 1. The number of fused-ring (bicyclic) bond motifs is 1. The summed E-state index contributed by atoms with van der Waals surface area (Å²) >= 11 is 0. The summed E-state index contributed by atoms with van der Waals surface area (Å²) in [7, 11) is 0. The molecule has 0 spiro atoms. The highest BCUT2D eigenvalue weighted by Gasteiger charge is 2.22. The van der Waals surface area contributed by atoms with Gasteiger partial charge in [0.2, 0.25) is 5.91 Å². The van der Waals surface area contributed by atoms with Crippen molar-refractivity contribution in [1.29, 1.82) is 0 Å². The van der Waals surface area contributed by atoms with Crippen LogP contribution in [0.2, 0.25) is 0 Å². The number of hydrogen-bond acceptors (Lipinski definition) is 7. The van der Waals surface area contributed by atoms with Crippen molar-refractivity contribution in [3.8, 4) is 11.1 Å². The van der Waals surface area contributed by atoms with Crippen LogP contribution in [0.15, 0.2) is 54.7 Å². The van der Waals surface area contributed by atoms with Gasteiger partial charge in [-0.2, -0.15) is 5.10 Å². The Balaban J connectivity index is 1.16. The molecule has 1 amide bonds. The van der Waals surface area contributed by atoms with Gasteiger partial charge >= 0.3 is 0 Å². The molecule has 2 aromatic heterocycles. The van der Waals surface area contributed by atoms with Crippen LogP contribution in [0.25, 0.3) is 22.2 Å². The summed E-state index contributed by atoms with van der Waals surface area (Å²) in [5, 5.41) is 16.2. The Morgan fingerprint density at radius 1 is 1.07 bits per heavy atom. The smallest absolute Gasteiger partial charge is 0.224 e. The number of rotatable bonds is 11. The van der Waals surface area contributed by atoms with Crippen molar-refractivity contribution in [1.82, 2.24) is 30.3 Å². The van der Waals surface area contributed by atoms with E-state index >= 15 is 0 Å². The Bertz CT molecular complexity index is 1610. The van der Waals surface area contributed by atoms with Crippen molar-refractivity contribution in [2.24, 2.45) is 0 Å². The third-order valence-corrected chi connectivity index (χ3v) is 9.05. The van der Waals surface area contributed by atoms with Crippen LogP contribution in [0, 0.1) is 0 Å². The molecule has 238 valence electrons. The maximum absolute atomic E-state index is 13.4. The molecule has 9 heteroatoms. The molecule has 4 heterocycles. The maximum atomic E-state index is 13.4. The molecular formula is C36H47N7O2. The number of pyridine rings is 1. The number of hydrogen-bond donors (Lipinski definition) is 3. The first-order valence-electron chi connectivity index (χ1n) is 16.6. The van der Waals surface area contributed by atoms with E-state index in [2.05, 4.69) is 89.2 Å². The highest BCUT2D eigenvalue weighted by Crippen LogP contribution is 2.31. The molecule has 2 aliphatic rings. The minimum Gasteiger partial charge on any atom is -0.381 e. The lowest BCUT2D eigenvalue weighted by atomic mass is 9.99. The summed E-state index contributed by atoms with van der Waals surface area (Å²) in [5.41, 5.74) is 8.60. The number of aryl methyl sites for hydroxylation is 2. The third-order valence-electron chi connectivity index (χ3n) is 9.05. The normalized spacial score (nSPS) is 17.9. The maximum Gasteiger partial charge on any atom is 0.224 e. The van der Waals surface area contributed by atoms with Crippen LogP contribution >= 0.6 is 0 Å². The van der Waals surface area contributed by atoms with E-state index in [-0.39, 0.29) is 5.91 Å². The van der Waals surface area contributed by atoms with Crippen molar-refractivity contribution >= 4 is 22.6 Å². The second-order valence-corrected chi connectivity index (χ2v) is 12.4. The van der Waals surface area contributed by atoms with E-state index in [1.165, 1.54) is 11.1 Å². The van der Waals surface area contributed by atoms with Crippen LogP contribution in [0.5, 0.6) is 0 Å². The highest BCUT2D eigenvalue weighted by molar-refractivity contribution is 5.92. The van der Waals surface area contributed by atoms with Gasteiger partial charge < -0.3 is 20.7 Å². The average molecular weight is 610 g/mol. The van der Waals surface area contributed by atoms with Crippen LogP contribution < -0.4 is 16.0 Å². The predicted octanol–water partition coefficient (Wildman–Crippen LogP) is 4.92. The van der Waals surface area contributed by atoms with Gasteiger partial charge in [0.25, 0.3) is 0 Å². The zero-order chi connectivity index (χ0) is 31.2. The zero-order valence-electron chi connectivity index (χ0n) is 26.9. The number of piperazine rings is 1. The van der Waals surface area contributed by atoms with Crippen LogP contribution in [-0.4, -0.2) is 70.5 Å². The number of benzene rings is 2. The monoisotopic (exact) mass is 609 g/mol. The van der Waals surface area contributed by atoms with E-state index < -0.39 is 0 Å². The topological polar surface area (TPSA) is 96.3 Å². The van der Waals surface area contributed by atoms with E-state index in [1.807, 2.05) is 16.9 Å². The molecule has 9 nitrogen and oxygen atoms in total. The number of carbonyl (C=O) groups excluding carboxylic acids is 1. The lowest BCUT2D eigenvalue weighted by molar-refractivity contribution is -0.120. The van der Waals surface area contributed by atoms with Crippen LogP contribution in [-0.2, 0) is 42.0 Å². The average Bonchev–Trinajstić information content (AvgIpc) is 3.48. The minimum absolute atomic E-state index is 0.00264. The Morgan fingerprint density at radius 3 is 2.56 bits per heavy atom. The Hall–Kier alpha value is -3.79. The van der Waals surface area contributed by atoms with Crippen LogP contribution in [0.1, 0.15) is 56.0 Å². The van der Waals surface area contributed by atoms with E-state index in [0.717, 1.165) is 104 Å². The molecule has 3 N–H and O–H groups in total. The Labute approximate surface area is 266 Å². The number of amides is 1. The van der Waals surface area contributed by atoms with Gasteiger partial charge in [-0.15, -0.1) is 0 Å². The van der Waals surface area contributed by atoms with Gasteiger partial charge in [0.05, 0.1) is 23.7 Å². The molecule has 0 bridgehead atoms. The number of carbonyl (C=O) groups is 1. The largest absolute Gasteiger partial charge is 0.381 e. The van der Waals surface area contributed by atoms with E-state index in [9.17, 15) is 4.79 Å². The Kier molecular flexibility index (Phi) is 10.1. The van der Waals surface area contributed by atoms with Gasteiger partial charge in [0.1, 0.15) is 0 Å². The van der Waals surface area contributed by atoms with Gasteiger partial charge in [-0.25, -0.2) is 9.67 Å². The molecule has 4 aromatic rings. The lowest BCUT2D eigenvalue weighted by Gasteiger charge is -2.31. The fraction of sp³-hybridized carbons (Fsp3) is 0.472. The SMILES string of the molecule is CCc1nc2c(cnn2CC)c(NC2CCOCC2)c1CNC(=O)Cc1cccc(-c2cccc(CN3CCN[C@@H](C)C3)c2)c1. The van der Waals surface area contributed by atoms with Gasteiger partial charge in [-0.1, -0.05) is 49.4 Å². The number of anilines is 1. The van der Waals surface area contributed by atoms with Crippen LogP contribution in [0.3, 0.4) is 0 Å². The molecule has 0 radical (unpaired) electrons. The molecule has 2 aliphatic heterocycles. The van der Waals surface area contributed by atoms with Crippen molar-refractivity contribution in [3.05, 3.63) is 77.1 Å². The number of aromatic nitrogens is 3. The first-order valence-corrected chi connectivity index (χ1v) is 16.6. The molecule has 2 saturated heterocycles. The zero-order valence-corrected chi connectivity index (χ0v) is 26.9. The highest BCUT2D eigenvalue weighted by atomic mass is 16.5. The van der Waals surface area contributed by atoms with Gasteiger partial charge in [-0.05, 0) is 61.4 Å². The quantitative estimate of drug-likeness (QED) is 0.222. The van der Waals surface area contributed by atoms with E-state index in [0.29, 0.717) is 25.0 Å². The van der Waals surface area contributed by atoms with Crippen molar-refractivity contribution in [2.45, 2.75) is 78.2 Å². The summed E-state index contributed by atoms with van der Waals surface area (Å²) in [4.78, 5) is 20.9. The summed E-state index contributed by atoms with van der Waals surface area (Å²) < 4.78 is 7.55. The first-order chi connectivity index (χ1) is 22.0. The molecule has 0 saturated carbocycles. The molecule has 2 aromatic carbocycles. The summed E-state index contributed by atoms with van der Waals surface area (Å²) in [6.07, 6.45) is 4.90. The Morgan fingerprint density at radius 2 is 1.82 bits per heavy atom. The standard InChI is InChI=1S/C36H47N7O2/c1-4-33-31(35(40-30-12-16-45-17-13-30)32-22-39-43(5-2)36(32)41-33)21-38-34(44)20-26-8-6-10-28(18-26)29-11-7-9-27(19-29)24-42-15-14-37-25(3)23-42/h6-11,18-19,22,25,30,37H,4-5,12-17,20-21,23-24H2,1-3H3,(H,38,44)(H,40,41)/t25-/m0/s1. The molecule has 6 rings (SSSR count). The summed E-state index contributed by atoms with van der Waals surface area (Å²) in [5.74, 6) is -0.00264. The second kappa shape index (κ2) is 14.5. The minimum atomic E-state index is -0.00264. The van der Waals surface area contributed by atoms with E-state index in [4.69, 9.17) is 9.72 Å². The number of nitrogens with zero attached hydrogens (tertiary/aromatic N) is 4. The lowest BCUT2D eigenvalue weighted by Crippen LogP contribution is -2.48. The first kappa shape index (κ1) is 31.2. The molecule has 45 heavy (non-hydrogen) atoms. The van der Waals surface area contributed by atoms with Crippen molar-refractivity contribution in [3.63, 3.8) is 0 Å². The fourth-order valence-electron chi connectivity index (χ4n) is 6.66. The van der Waals surface area contributed by atoms with Crippen LogP contribution in [0.4, 0.5) is 5.69 Å². The third kappa shape index (κ3) is 7.54. The molecule has 0 unspecified atom stereocenters.